The number of primary amides is 1. The molecule has 0 spiro atoms. The molecule has 0 saturated carbocycles. The fraction of sp³-hybridized carbons (Fsp3) is 0.400. The first-order valence-corrected chi connectivity index (χ1v) is 7.01. The van der Waals surface area contributed by atoms with Gasteiger partial charge in [0.25, 0.3) is 5.91 Å². The maximum atomic E-state index is 12.1. The van der Waals surface area contributed by atoms with Crippen molar-refractivity contribution in [1.82, 2.24) is 5.32 Å². The van der Waals surface area contributed by atoms with Crippen LogP contribution < -0.4 is 21.1 Å². The number of urea groups is 1. The van der Waals surface area contributed by atoms with Gasteiger partial charge in [0, 0.05) is 6.54 Å². The Morgan fingerprint density at radius 1 is 1.30 bits per heavy atom. The Hall–Kier alpha value is -2.77. The molecule has 0 aliphatic rings. The van der Waals surface area contributed by atoms with Crippen molar-refractivity contribution in [1.29, 1.82) is 0 Å². The predicted octanol–water partition coefficient (Wildman–Crippen LogP) is 0.932. The van der Waals surface area contributed by atoms with E-state index in [0.717, 1.165) is 5.56 Å². The van der Waals surface area contributed by atoms with Gasteiger partial charge < -0.3 is 25.8 Å². The number of hydrogen-bond acceptors (Lipinski definition) is 5. The number of nitrogens with two attached hydrogens (primary N) is 1. The zero-order valence-electron chi connectivity index (χ0n) is 13.3. The number of carbonyl (C=O) groups is 3. The summed E-state index contributed by atoms with van der Waals surface area (Å²) in [4.78, 5) is 34.1. The van der Waals surface area contributed by atoms with Gasteiger partial charge in [0.15, 0.2) is 6.10 Å². The number of esters is 1. The monoisotopic (exact) mass is 323 g/mol. The Morgan fingerprint density at radius 2 is 2.00 bits per heavy atom. The van der Waals surface area contributed by atoms with Crippen molar-refractivity contribution < 1.29 is 23.9 Å². The predicted molar refractivity (Wildman–Crippen MR) is 84.1 cm³/mol. The van der Waals surface area contributed by atoms with Crippen LogP contribution in [-0.4, -0.2) is 37.7 Å². The number of aryl methyl sites for hydroxylation is 1. The first kappa shape index (κ1) is 18.3. The Labute approximate surface area is 134 Å². The maximum Gasteiger partial charge on any atom is 0.312 e. The summed E-state index contributed by atoms with van der Waals surface area (Å²) >= 11 is 0. The second-order valence-corrected chi connectivity index (χ2v) is 4.87. The van der Waals surface area contributed by atoms with E-state index in [1.54, 1.807) is 12.1 Å². The van der Waals surface area contributed by atoms with Crippen molar-refractivity contribution in [3.8, 4) is 5.75 Å². The fourth-order valence-electron chi connectivity index (χ4n) is 1.75. The van der Waals surface area contributed by atoms with Crippen LogP contribution in [0.4, 0.5) is 10.5 Å². The number of nitrogens with one attached hydrogen (secondary N) is 2. The van der Waals surface area contributed by atoms with Gasteiger partial charge in [-0.15, -0.1) is 0 Å². The molecule has 0 aromatic heterocycles. The van der Waals surface area contributed by atoms with Crippen molar-refractivity contribution in [2.45, 2.75) is 26.4 Å². The Morgan fingerprint density at radius 3 is 2.61 bits per heavy atom. The topological polar surface area (TPSA) is 120 Å². The van der Waals surface area contributed by atoms with Crippen molar-refractivity contribution in [3.63, 3.8) is 0 Å². The molecule has 0 saturated heterocycles. The first-order valence-electron chi connectivity index (χ1n) is 7.01. The number of hydrogen-bond donors (Lipinski definition) is 3. The average Bonchev–Trinajstić information content (AvgIpc) is 2.46. The van der Waals surface area contributed by atoms with Crippen LogP contribution in [0.15, 0.2) is 18.2 Å². The minimum Gasteiger partial charge on any atom is -0.495 e. The zero-order valence-corrected chi connectivity index (χ0v) is 13.3. The number of methoxy groups -OCH3 is 1. The molecule has 0 bridgehead atoms. The largest absolute Gasteiger partial charge is 0.495 e. The van der Waals surface area contributed by atoms with Crippen LogP contribution >= 0.6 is 0 Å². The van der Waals surface area contributed by atoms with E-state index in [-0.39, 0.29) is 13.0 Å². The lowest BCUT2D eigenvalue weighted by Crippen LogP contribution is -2.33. The van der Waals surface area contributed by atoms with E-state index in [1.807, 2.05) is 13.0 Å². The van der Waals surface area contributed by atoms with Gasteiger partial charge in [0.05, 0.1) is 19.2 Å². The van der Waals surface area contributed by atoms with E-state index < -0.39 is 24.0 Å². The molecule has 3 amide bonds. The summed E-state index contributed by atoms with van der Waals surface area (Å²) in [6, 6.07) is 4.61. The molecule has 0 aliphatic heterocycles. The molecule has 126 valence electrons. The maximum absolute atomic E-state index is 12.1. The van der Waals surface area contributed by atoms with Gasteiger partial charge in [0.1, 0.15) is 5.75 Å². The molecule has 1 rings (SSSR count). The van der Waals surface area contributed by atoms with Crippen LogP contribution in [0.2, 0.25) is 0 Å². The van der Waals surface area contributed by atoms with Gasteiger partial charge in [0.2, 0.25) is 0 Å². The van der Waals surface area contributed by atoms with Gasteiger partial charge in [-0.3, -0.25) is 9.59 Å². The van der Waals surface area contributed by atoms with Crippen LogP contribution in [0, 0.1) is 6.92 Å². The molecule has 0 fully saturated rings. The third-order valence-corrected chi connectivity index (χ3v) is 2.92. The molecule has 0 aliphatic carbocycles. The lowest BCUT2D eigenvalue weighted by atomic mass is 10.2. The summed E-state index contributed by atoms with van der Waals surface area (Å²) in [5, 5.41) is 4.91. The van der Waals surface area contributed by atoms with Gasteiger partial charge in [-0.25, -0.2) is 4.79 Å². The summed E-state index contributed by atoms with van der Waals surface area (Å²) in [6.45, 7) is 3.38. The van der Waals surface area contributed by atoms with Crippen LogP contribution in [0.25, 0.3) is 0 Å². The Bertz CT molecular complexity index is 588. The lowest BCUT2D eigenvalue weighted by Gasteiger charge is -2.15. The molecule has 4 N–H and O–H groups in total. The highest BCUT2D eigenvalue weighted by Gasteiger charge is 2.19. The second kappa shape index (κ2) is 8.62. The van der Waals surface area contributed by atoms with Crippen molar-refractivity contribution in [2.24, 2.45) is 5.73 Å². The molecule has 1 aromatic carbocycles. The van der Waals surface area contributed by atoms with E-state index in [1.165, 1.54) is 14.0 Å². The number of ether oxygens (including phenoxy) is 2. The molecule has 0 radical (unpaired) electrons. The smallest absolute Gasteiger partial charge is 0.312 e. The zero-order chi connectivity index (χ0) is 17.4. The van der Waals surface area contributed by atoms with Crippen LogP contribution in [0.3, 0.4) is 0 Å². The van der Waals surface area contributed by atoms with Crippen molar-refractivity contribution >= 4 is 23.6 Å². The molecular formula is C15H21N3O5. The number of benzene rings is 1. The SMILES string of the molecule is COc1ccc(C)cc1NC(=O)[C@H](C)OC(=O)CCNC(N)=O. The molecular weight excluding hydrogens is 302 g/mol. The summed E-state index contributed by atoms with van der Waals surface area (Å²) in [6.07, 6.45) is -1.06. The van der Waals surface area contributed by atoms with Crippen LogP contribution in [-0.2, 0) is 14.3 Å². The quantitative estimate of drug-likeness (QED) is 0.645. The number of amides is 3. The summed E-state index contributed by atoms with van der Waals surface area (Å²) in [5.41, 5.74) is 6.32. The first-order chi connectivity index (χ1) is 10.8. The van der Waals surface area contributed by atoms with Gasteiger partial charge in [-0.2, -0.15) is 0 Å². The van der Waals surface area contributed by atoms with E-state index in [4.69, 9.17) is 15.2 Å². The third-order valence-electron chi connectivity index (χ3n) is 2.92. The molecule has 23 heavy (non-hydrogen) atoms. The van der Waals surface area contributed by atoms with Crippen molar-refractivity contribution in [2.75, 3.05) is 19.0 Å². The van der Waals surface area contributed by atoms with E-state index in [2.05, 4.69) is 10.6 Å². The van der Waals surface area contributed by atoms with Gasteiger partial charge in [-0.1, -0.05) is 6.07 Å². The second-order valence-electron chi connectivity index (χ2n) is 4.87. The molecule has 1 atom stereocenters. The van der Waals surface area contributed by atoms with Gasteiger partial charge in [-0.05, 0) is 31.5 Å². The highest BCUT2D eigenvalue weighted by atomic mass is 16.5. The molecule has 0 unspecified atom stereocenters. The average molecular weight is 323 g/mol. The standard InChI is InChI=1S/C15H21N3O5/c1-9-4-5-12(22-3)11(8-9)18-14(20)10(2)23-13(19)6-7-17-15(16)21/h4-5,8,10H,6-7H2,1-3H3,(H,18,20)(H3,16,17,21)/t10-/m0/s1. The highest BCUT2D eigenvalue weighted by Crippen LogP contribution is 2.25. The molecule has 8 nitrogen and oxygen atoms in total. The van der Waals surface area contributed by atoms with Gasteiger partial charge >= 0.3 is 12.0 Å². The van der Waals surface area contributed by atoms with Crippen LogP contribution in [0.5, 0.6) is 5.75 Å². The summed E-state index contributed by atoms with van der Waals surface area (Å²) < 4.78 is 10.1. The number of anilines is 1. The minimum atomic E-state index is -0.985. The Kier molecular flexibility index (Phi) is 6.85. The molecule has 0 heterocycles. The lowest BCUT2D eigenvalue weighted by molar-refractivity contribution is -0.153. The summed E-state index contributed by atoms with van der Waals surface area (Å²) in [7, 11) is 1.50. The minimum absolute atomic E-state index is 0.0498. The van der Waals surface area contributed by atoms with Crippen molar-refractivity contribution in [3.05, 3.63) is 23.8 Å². The fourth-order valence-corrected chi connectivity index (χ4v) is 1.75. The third kappa shape index (κ3) is 6.25. The number of rotatable bonds is 7. The number of carbonyl (C=O) groups excluding carboxylic acids is 3. The van der Waals surface area contributed by atoms with E-state index in [9.17, 15) is 14.4 Å². The van der Waals surface area contributed by atoms with E-state index in [0.29, 0.717) is 11.4 Å². The summed E-state index contributed by atoms with van der Waals surface area (Å²) in [5.74, 6) is -0.587. The molecule has 1 aromatic rings. The van der Waals surface area contributed by atoms with Crippen LogP contribution in [0.1, 0.15) is 18.9 Å². The Balaban J connectivity index is 2.55. The highest BCUT2D eigenvalue weighted by molar-refractivity contribution is 5.96. The normalized spacial score (nSPS) is 11.3. The van der Waals surface area contributed by atoms with E-state index >= 15 is 0 Å². The molecule has 8 heteroatoms.